The smallest absolute Gasteiger partial charge is 0.360 e. The molecule has 1 heterocycles. The molecule has 19 heavy (non-hydrogen) atoms. The summed E-state index contributed by atoms with van der Waals surface area (Å²) in [6.07, 6.45) is 0. The number of imidazole rings is 1. The molecule has 0 fully saturated rings. The molecular formula is C12H11ClFN3O2. The Bertz CT molecular complexity index is 655. The highest BCUT2D eigenvalue weighted by atomic mass is 35.5. The Morgan fingerprint density at radius 1 is 1.53 bits per heavy atom. The number of carbonyl (C=O) groups excluding carboxylic acids is 1. The fourth-order valence-electron chi connectivity index (χ4n) is 1.76. The van der Waals surface area contributed by atoms with Crippen molar-refractivity contribution in [2.45, 2.75) is 6.92 Å². The molecule has 0 radical (unpaired) electrons. The fraction of sp³-hybridized carbons (Fsp3) is 0.167. The van der Waals surface area contributed by atoms with Crippen molar-refractivity contribution >= 4 is 23.4 Å². The van der Waals surface area contributed by atoms with E-state index in [1.165, 1.54) is 29.9 Å². The Morgan fingerprint density at radius 3 is 2.84 bits per heavy atom. The van der Waals surface area contributed by atoms with E-state index in [0.29, 0.717) is 16.5 Å². The Balaban J connectivity index is 2.66. The number of aryl methyl sites for hydroxylation is 1. The number of nitrogens with zero attached hydrogens (tertiary/aromatic N) is 2. The van der Waals surface area contributed by atoms with Crippen molar-refractivity contribution in [3.05, 3.63) is 40.6 Å². The molecule has 0 saturated heterocycles. The van der Waals surface area contributed by atoms with Crippen LogP contribution < -0.4 is 5.73 Å². The number of halogens is 2. The zero-order chi connectivity index (χ0) is 14.2. The molecule has 0 bridgehead atoms. The van der Waals surface area contributed by atoms with Crippen molar-refractivity contribution in [1.82, 2.24) is 9.55 Å². The summed E-state index contributed by atoms with van der Waals surface area (Å²) in [5.41, 5.74) is 6.14. The van der Waals surface area contributed by atoms with E-state index in [-0.39, 0.29) is 11.5 Å². The number of benzene rings is 1. The van der Waals surface area contributed by atoms with Crippen molar-refractivity contribution in [2.75, 3.05) is 12.8 Å². The Labute approximate surface area is 113 Å². The second kappa shape index (κ2) is 4.89. The highest BCUT2D eigenvalue weighted by molar-refractivity contribution is 6.32. The molecule has 2 rings (SSSR count). The molecule has 0 aliphatic carbocycles. The Hall–Kier alpha value is -2.08. The molecule has 2 aromatic rings. The molecule has 1 aromatic carbocycles. The maximum atomic E-state index is 13.3. The van der Waals surface area contributed by atoms with Crippen LogP contribution in [0.15, 0.2) is 18.2 Å². The van der Waals surface area contributed by atoms with Gasteiger partial charge in [-0.25, -0.2) is 14.2 Å². The van der Waals surface area contributed by atoms with E-state index < -0.39 is 11.8 Å². The van der Waals surface area contributed by atoms with Gasteiger partial charge in [-0.2, -0.15) is 0 Å². The molecule has 0 atom stereocenters. The van der Waals surface area contributed by atoms with Gasteiger partial charge in [0, 0.05) is 0 Å². The topological polar surface area (TPSA) is 70.1 Å². The maximum Gasteiger partial charge on any atom is 0.360 e. The van der Waals surface area contributed by atoms with E-state index in [1.807, 2.05) is 0 Å². The third-order valence-electron chi connectivity index (χ3n) is 2.61. The number of aromatic nitrogens is 2. The van der Waals surface area contributed by atoms with Gasteiger partial charge < -0.3 is 10.5 Å². The van der Waals surface area contributed by atoms with Crippen molar-refractivity contribution in [1.29, 1.82) is 0 Å². The average molecular weight is 284 g/mol. The largest absolute Gasteiger partial charge is 0.464 e. The third-order valence-corrected chi connectivity index (χ3v) is 2.93. The molecule has 0 amide bonds. The predicted molar refractivity (Wildman–Crippen MR) is 69.0 cm³/mol. The highest BCUT2D eigenvalue weighted by Crippen LogP contribution is 2.27. The first-order valence-corrected chi connectivity index (χ1v) is 5.72. The van der Waals surface area contributed by atoms with E-state index in [9.17, 15) is 9.18 Å². The van der Waals surface area contributed by atoms with Gasteiger partial charge in [0.1, 0.15) is 17.5 Å². The number of nitrogens with two attached hydrogens (primary N) is 1. The molecule has 0 spiro atoms. The molecule has 1 aromatic heterocycles. The predicted octanol–water partition coefficient (Wildman–Crippen LogP) is 2.34. The molecule has 0 aliphatic heterocycles. The molecular weight excluding hydrogens is 273 g/mol. The molecule has 2 N–H and O–H groups in total. The minimum absolute atomic E-state index is 0.0275. The number of esters is 1. The van der Waals surface area contributed by atoms with Crippen LogP contribution in [-0.4, -0.2) is 22.6 Å². The first-order valence-electron chi connectivity index (χ1n) is 5.34. The second-order valence-electron chi connectivity index (χ2n) is 3.82. The Kier molecular flexibility index (Phi) is 3.44. The molecule has 5 nitrogen and oxygen atoms in total. The number of nitrogen functional groups attached to an aromatic ring is 1. The number of ether oxygens (including phenoxy) is 1. The third kappa shape index (κ3) is 2.26. The van der Waals surface area contributed by atoms with Crippen LogP contribution in [0.3, 0.4) is 0 Å². The average Bonchev–Trinajstić information content (AvgIpc) is 2.67. The quantitative estimate of drug-likeness (QED) is 0.859. The first kappa shape index (κ1) is 13.4. The fourth-order valence-corrected chi connectivity index (χ4v) is 1.96. The van der Waals surface area contributed by atoms with Crippen LogP contribution >= 0.6 is 11.6 Å². The SMILES string of the molecule is COC(=O)c1nc(C)n(-c2cc(F)ccc2Cl)c1N. The number of hydrogen-bond donors (Lipinski definition) is 1. The minimum atomic E-state index is -0.660. The van der Waals surface area contributed by atoms with E-state index >= 15 is 0 Å². The van der Waals surface area contributed by atoms with Crippen LogP contribution in [0.2, 0.25) is 5.02 Å². The molecule has 100 valence electrons. The Morgan fingerprint density at radius 2 is 2.21 bits per heavy atom. The standard InChI is InChI=1S/C12H11ClFN3O2/c1-6-16-10(12(18)19-2)11(15)17(6)9-5-7(14)3-4-8(9)13/h3-5H,15H2,1-2H3. The summed E-state index contributed by atoms with van der Waals surface area (Å²) in [4.78, 5) is 15.5. The van der Waals surface area contributed by atoms with E-state index in [0.717, 1.165) is 0 Å². The van der Waals surface area contributed by atoms with Crippen molar-refractivity contribution in [2.24, 2.45) is 0 Å². The summed E-state index contributed by atoms with van der Waals surface area (Å²) in [6.45, 7) is 1.63. The first-order chi connectivity index (χ1) is 8.95. The minimum Gasteiger partial charge on any atom is -0.464 e. The molecule has 0 aliphatic rings. The summed E-state index contributed by atoms with van der Waals surface area (Å²) in [5.74, 6) is -0.666. The lowest BCUT2D eigenvalue weighted by Crippen LogP contribution is -2.08. The van der Waals surface area contributed by atoms with Gasteiger partial charge in [-0.15, -0.1) is 0 Å². The van der Waals surface area contributed by atoms with Crippen molar-refractivity contribution in [3.8, 4) is 5.69 Å². The number of methoxy groups -OCH3 is 1. The van der Waals surface area contributed by atoms with Gasteiger partial charge in [0.15, 0.2) is 5.69 Å². The zero-order valence-electron chi connectivity index (χ0n) is 10.3. The number of anilines is 1. The normalized spacial score (nSPS) is 10.5. The lowest BCUT2D eigenvalue weighted by atomic mass is 10.3. The van der Waals surface area contributed by atoms with E-state index in [4.69, 9.17) is 17.3 Å². The number of rotatable bonds is 2. The van der Waals surface area contributed by atoms with Gasteiger partial charge in [0.05, 0.1) is 17.8 Å². The lowest BCUT2D eigenvalue weighted by molar-refractivity contribution is 0.0596. The highest BCUT2D eigenvalue weighted by Gasteiger charge is 2.21. The number of carbonyl (C=O) groups is 1. The second-order valence-corrected chi connectivity index (χ2v) is 4.22. The van der Waals surface area contributed by atoms with Gasteiger partial charge in [0.2, 0.25) is 0 Å². The molecule has 7 heteroatoms. The lowest BCUT2D eigenvalue weighted by Gasteiger charge is -2.09. The van der Waals surface area contributed by atoms with E-state index in [1.54, 1.807) is 6.92 Å². The van der Waals surface area contributed by atoms with Gasteiger partial charge in [0.25, 0.3) is 0 Å². The van der Waals surface area contributed by atoms with Crippen LogP contribution in [0.1, 0.15) is 16.3 Å². The van der Waals surface area contributed by atoms with Gasteiger partial charge >= 0.3 is 5.97 Å². The monoisotopic (exact) mass is 283 g/mol. The van der Waals surface area contributed by atoms with Crippen LogP contribution in [0, 0.1) is 12.7 Å². The van der Waals surface area contributed by atoms with Crippen LogP contribution in [0.25, 0.3) is 5.69 Å². The van der Waals surface area contributed by atoms with Crippen molar-refractivity contribution in [3.63, 3.8) is 0 Å². The summed E-state index contributed by atoms with van der Waals surface area (Å²) in [5, 5.41) is 0.296. The van der Waals surface area contributed by atoms with Crippen LogP contribution in [0.5, 0.6) is 0 Å². The van der Waals surface area contributed by atoms with Gasteiger partial charge in [-0.1, -0.05) is 11.6 Å². The number of hydrogen-bond acceptors (Lipinski definition) is 4. The van der Waals surface area contributed by atoms with Crippen LogP contribution in [-0.2, 0) is 4.74 Å². The van der Waals surface area contributed by atoms with Gasteiger partial charge in [-0.05, 0) is 25.1 Å². The summed E-state index contributed by atoms with van der Waals surface area (Å²) < 4.78 is 19.3. The maximum absolute atomic E-state index is 13.3. The zero-order valence-corrected chi connectivity index (χ0v) is 11.0. The summed E-state index contributed by atoms with van der Waals surface area (Å²) >= 11 is 6.01. The molecule has 0 unspecified atom stereocenters. The van der Waals surface area contributed by atoms with Crippen molar-refractivity contribution < 1.29 is 13.9 Å². The summed E-state index contributed by atoms with van der Waals surface area (Å²) in [7, 11) is 1.23. The van der Waals surface area contributed by atoms with Gasteiger partial charge in [-0.3, -0.25) is 4.57 Å². The summed E-state index contributed by atoms with van der Waals surface area (Å²) in [6, 6.07) is 3.85. The van der Waals surface area contributed by atoms with E-state index in [2.05, 4.69) is 9.72 Å². The molecule has 0 saturated carbocycles. The van der Waals surface area contributed by atoms with Crippen LogP contribution in [0.4, 0.5) is 10.2 Å².